The number of benzene rings is 1. The molecule has 0 amide bonds. The molecule has 0 saturated heterocycles. The lowest BCUT2D eigenvalue weighted by molar-refractivity contribution is -0.384. The van der Waals surface area contributed by atoms with Crippen LogP contribution in [0.5, 0.6) is 5.75 Å². The van der Waals surface area contributed by atoms with E-state index in [-0.39, 0.29) is 17.2 Å². The van der Waals surface area contributed by atoms with Crippen molar-refractivity contribution in [1.29, 1.82) is 0 Å². The fraction of sp³-hybridized carbons (Fsp3) is 0.143. The van der Waals surface area contributed by atoms with Gasteiger partial charge in [0.1, 0.15) is 5.75 Å². The summed E-state index contributed by atoms with van der Waals surface area (Å²) in [4.78, 5) is 9.77. The fourth-order valence-electron chi connectivity index (χ4n) is 0.812. The summed E-state index contributed by atoms with van der Waals surface area (Å²) in [5.41, 5.74) is 0.435. The molecule has 0 unspecified atom stereocenters. The molecule has 1 N–H and O–H groups in total. The summed E-state index contributed by atoms with van der Waals surface area (Å²) in [5.74, 6) is 0.323. The van der Waals surface area contributed by atoms with Crippen LogP contribution in [0.3, 0.4) is 0 Å². The fourth-order valence-corrected chi connectivity index (χ4v) is 1.07. The van der Waals surface area contributed by atoms with E-state index >= 15 is 0 Å². The first-order valence-electron chi connectivity index (χ1n) is 3.22. The van der Waals surface area contributed by atoms with Gasteiger partial charge in [0.2, 0.25) is 0 Å². The van der Waals surface area contributed by atoms with Gasteiger partial charge in [-0.1, -0.05) is 0 Å². The molecule has 0 bridgehead atoms. The second-order valence-electron chi connectivity index (χ2n) is 2.23. The van der Waals surface area contributed by atoms with Crippen molar-refractivity contribution in [2.75, 3.05) is 0 Å². The molecular weight excluding hydrogens is 178 g/mol. The van der Waals surface area contributed by atoms with Crippen LogP contribution in [0.25, 0.3) is 0 Å². The van der Waals surface area contributed by atoms with Crippen molar-refractivity contribution in [3.63, 3.8) is 0 Å². The third kappa shape index (κ3) is 1.68. The molecule has 0 aliphatic heterocycles. The number of phenols is 1. The van der Waals surface area contributed by atoms with E-state index < -0.39 is 4.92 Å². The van der Waals surface area contributed by atoms with Gasteiger partial charge in [0.05, 0.1) is 4.92 Å². The van der Waals surface area contributed by atoms with Crippen LogP contribution in [0.4, 0.5) is 5.69 Å². The van der Waals surface area contributed by atoms with Crippen LogP contribution in [0.2, 0.25) is 0 Å². The van der Waals surface area contributed by atoms with Gasteiger partial charge in [-0.2, -0.15) is 12.6 Å². The highest BCUT2D eigenvalue weighted by atomic mass is 32.1. The first-order valence-corrected chi connectivity index (χ1v) is 3.85. The Balaban J connectivity index is 3.13. The van der Waals surface area contributed by atoms with Crippen molar-refractivity contribution < 1.29 is 10.0 Å². The van der Waals surface area contributed by atoms with Crippen molar-refractivity contribution >= 4 is 18.3 Å². The number of rotatable bonds is 2. The zero-order chi connectivity index (χ0) is 9.14. The Bertz CT molecular complexity index is 314. The molecule has 1 aromatic rings. The van der Waals surface area contributed by atoms with Gasteiger partial charge in [0, 0.05) is 23.4 Å². The Morgan fingerprint density at radius 2 is 2.25 bits per heavy atom. The number of nitro benzene ring substituents is 1. The predicted octanol–water partition coefficient (Wildman–Crippen LogP) is 1.73. The minimum absolute atomic E-state index is 0.0307. The van der Waals surface area contributed by atoms with Crippen LogP contribution in [-0.4, -0.2) is 10.0 Å². The van der Waals surface area contributed by atoms with Gasteiger partial charge in [-0.3, -0.25) is 10.1 Å². The Labute approximate surface area is 74.4 Å². The van der Waals surface area contributed by atoms with Gasteiger partial charge >= 0.3 is 0 Å². The summed E-state index contributed by atoms with van der Waals surface area (Å²) in [7, 11) is 0. The minimum Gasteiger partial charge on any atom is -0.508 e. The lowest BCUT2D eigenvalue weighted by Gasteiger charge is -1.99. The van der Waals surface area contributed by atoms with E-state index in [0.29, 0.717) is 5.56 Å². The molecule has 4 nitrogen and oxygen atoms in total. The van der Waals surface area contributed by atoms with E-state index in [9.17, 15) is 10.1 Å². The van der Waals surface area contributed by atoms with Crippen molar-refractivity contribution in [3.05, 3.63) is 33.9 Å². The monoisotopic (exact) mass is 185 g/mol. The van der Waals surface area contributed by atoms with Gasteiger partial charge in [0.15, 0.2) is 0 Å². The molecule has 64 valence electrons. The number of non-ortho nitro benzene ring substituents is 1. The lowest BCUT2D eigenvalue weighted by Crippen LogP contribution is -1.89. The number of aromatic hydroxyl groups is 1. The Morgan fingerprint density at radius 1 is 1.58 bits per heavy atom. The standard InChI is InChI=1S/C7H7NO3S/c9-7-2-1-6(8(10)11)3-5(7)4-12/h1-3,9,12H,4H2. The number of phenolic OH excluding ortho intramolecular Hbond substituents is 1. The number of hydrogen-bond acceptors (Lipinski definition) is 4. The highest BCUT2D eigenvalue weighted by molar-refractivity contribution is 7.79. The van der Waals surface area contributed by atoms with Crippen LogP contribution < -0.4 is 0 Å². The van der Waals surface area contributed by atoms with Gasteiger partial charge in [-0.25, -0.2) is 0 Å². The molecule has 1 rings (SSSR count). The van der Waals surface area contributed by atoms with Gasteiger partial charge in [-0.15, -0.1) is 0 Å². The maximum atomic E-state index is 10.3. The molecule has 0 spiro atoms. The zero-order valence-electron chi connectivity index (χ0n) is 6.10. The maximum Gasteiger partial charge on any atom is 0.270 e. The Hall–Kier alpha value is -1.23. The average molecular weight is 185 g/mol. The summed E-state index contributed by atoms with van der Waals surface area (Å²) < 4.78 is 0. The Kier molecular flexibility index (Phi) is 2.54. The van der Waals surface area contributed by atoms with Crippen LogP contribution >= 0.6 is 12.6 Å². The van der Waals surface area contributed by atoms with E-state index in [1.165, 1.54) is 18.2 Å². The predicted molar refractivity (Wildman–Crippen MR) is 47.5 cm³/mol. The summed E-state index contributed by atoms with van der Waals surface area (Å²) in [6, 6.07) is 3.86. The second-order valence-corrected chi connectivity index (χ2v) is 2.54. The van der Waals surface area contributed by atoms with Crippen molar-refractivity contribution in [2.45, 2.75) is 5.75 Å². The molecule has 0 aliphatic carbocycles. The third-order valence-corrected chi connectivity index (χ3v) is 1.78. The first kappa shape index (κ1) is 8.86. The minimum atomic E-state index is -0.508. The number of hydrogen-bond donors (Lipinski definition) is 2. The van der Waals surface area contributed by atoms with Crippen LogP contribution in [0, 0.1) is 10.1 Å². The molecule has 0 radical (unpaired) electrons. The van der Waals surface area contributed by atoms with Crippen molar-refractivity contribution in [3.8, 4) is 5.75 Å². The van der Waals surface area contributed by atoms with Gasteiger partial charge in [-0.05, 0) is 6.07 Å². The van der Waals surface area contributed by atoms with Gasteiger partial charge < -0.3 is 5.11 Å². The number of nitrogens with zero attached hydrogens (tertiary/aromatic N) is 1. The summed E-state index contributed by atoms with van der Waals surface area (Å²) in [6.45, 7) is 0. The third-order valence-electron chi connectivity index (χ3n) is 1.44. The first-order chi connectivity index (χ1) is 5.65. The quantitative estimate of drug-likeness (QED) is 0.419. The van der Waals surface area contributed by atoms with Crippen molar-refractivity contribution in [2.24, 2.45) is 0 Å². The largest absolute Gasteiger partial charge is 0.508 e. The molecule has 0 saturated carbocycles. The molecule has 0 aromatic heterocycles. The lowest BCUT2D eigenvalue weighted by atomic mass is 10.2. The topological polar surface area (TPSA) is 63.4 Å². The number of thiol groups is 1. The summed E-state index contributed by atoms with van der Waals surface area (Å²) >= 11 is 3.91. The maximum absolute atomic E-state index is 10.3. The van der Waals surface area contributed by atoms with E-state index in [1.54, 1.807) is 0 Å². The number of nitro groups is 1. The molecular formula is C7H7NO3S. The molecule has 1 aromatic carbocycles. The summed E-state index contributed by atoms with van der Waals surface area (Å²) in [6.07, 6.45) is 0. The average Bonchev–Trinajstić information content (AvgIpc) is 2.05. The zero-order valence-corrected chi connectivity index (χ0v) is 6.99. The van der Waals surface area contributed by atoms with E-state index in [2.05, 4.69) is 12.6 Å². The van der Waals surface area contributed by atoms with Crippen LogP contribution in [-0.2, 0) is 5.75 Å². The second kappa shape index (κ2) is 3.44. The molecule has 5 heteroatoms. The highest BCUT2D eigenvalue weighted by Crippen LogP contribution is 2.23. The van der Waals surface area contributed by atoms with Gasteiger partial charge in [0.25, 0.3) is 5.69 Å². The molecule has 0 fully saturated rings. The molecule has 12 heavy (non-hydrogen) atoms. The Morgan fingerprint density at radius 3 is 2.75 bits per heavy atom. The molecule has 0 heterocycles. The van der Waals surface area contributed by atoms with Crippen molar-refractivity contribution in [1.82, 2.24) is 0 Å². The highest BCUT2D eigenvalue weighted by Gasteiger charge is 2.08. The van der Waals surface area contributed by atoms with Crippen LogP contribution in [0.1, 0.15) is 5.56 Å². The van der Waals surface area contributed by atoms with Crippen LogP contribution in [0.15, 0.2) is 18.2 Å². The normalized spacial score (nSPS) is 9.75. The molecule has 0 atom stereocenters. The molecule has 0 aliphatic rings. The van der Waals surface area contributed by atoms with E-state index in [1.807, 2.05) is 0 Å². The summed E-state index contributed by atoms with van der Waals surface area (Å²) in [5, 5.41) is 19.4. The van der Waals surface area contributed by atoms with E-state index in [4.69, 9.17) is 5.11 Å². The SMILES string of the molecule is O=[N+]([O-])c1ccc(O)c(CS)c1. The van der Waals surface area contributed by atoms with E-state index in [0.717, 1.165) is 0 Å². The smallest absolute Gasteiger partial charge is 0.270 e.